The molecule has 2 aromatic heterocycles. The first kappa shape index (κ1) is 11.9. The zero-order chi connectivity index (χ0) is 12.4. The molecule has 96 valence electrons. The molecule has 1 saturated carbocycles. The van der Waals surface area contributed by atoms with Gasteiger partial charge in [-0.2, -0.15) is 0 Å². The summed E-state index contributed by atoms with van der Waals surface area (Å²) >= 11 is 1.63. The SMILES string of the molecule is OCCC1(CNc2ncnc3sccc23)CCC1. The van der Waals surface area contributed by atoms with Crippen molar-refractivity contribution in [3.8, 4) is 0 Å². The summed E-state index contributed by atoms with van der Waals surface area (Å²) in [4.78, 5) is 9.59. The van der Waals surface area contributed by atoms with Crippen LogP contribution in [0.1, 0.15) is 25.7 Å². The van der Waals surface area contributed by atoms with Crippen molar-refractivity contribution in [2.75, 3.05) is 18.5 Å². The Morgan fingerprint density at radius 1 is 1.39 bits per heavy atom. The number of nitrogens with zero attached hydrogens (tertiary/aromatic N) is 2. The maximum atomic E-state index is 9.15. The summed E-state index contributed by atoms with van der Waals surface area (Å²) in [6, 6.07) is 2.06. The Hall–Kier alpha value is -1.20. The fraction of sp³-hybridized carbons (Fsp3) is 0.538. The van der Waals surface area contributed by atoms with E-state index in [0.29, 0.717) is 0 Å². The number of anilines is 1. The Bertz CT molecular complexity index is 536. The molecule has 1 aliphatic carbocycles. The van der Waals surface area contributed by atoms with Crippen LogP contribution in [-0.2, 0) is 0 Å². The fourth-order valence-electron chi connectivity index (χ4n) is 2.63. The fourth-order valence-corrected chi connectivity index (χ4v) is 3.36. The van der Waals surface area contributed by atoms with Crippen molar-refractivity contribution in [2.24, 2.45) is 5.41 Å². The number of aromatic nitrogens is 2. The van der Waals surface area contributed by atoms with E-state index in [9.17, 15) is 0 Å². The Morgan fingerprint density at radius 2 is 2.28 bits per heavy atom. The van der Waals surface area contributed by atoms with Crippen LogP contribution in [0.5, 0.6) is 0 Å². The van der Waals surface area contributed by atoms with E-state index in [0.717, 1.165) is 29.0 Å². The molecule has 0 bridgehead atoms. The molecule has 2 heterocycles. The topological polar surface area (TPSA) is 58.0 Å². The summed E-state index contributed by atoms with van der Waals surface area (Å²) in [5, 5.41) is 15.7. The van der Waals surface area contributed by atoms with Gasteiger partial charge in [0.25, 0.3) is 0 Å². The van der Waals surface area contributed by atoms with Gasteiger partial charge in [0.2, 0.25) is 0 Å². The molecule has 18 heavy (non-hydrogen) atoms. The van der Waals surface area contributed by atoms with Crippen LogP contribution >= 0.6 is 11.3 Å². The van der Waals surface area contributed by atoms with E-state index in [1.54, 1.807) is 17.7 Å². The standard InChI is InChI=1S/C13H17N3OS/c17-6-5-13(3-1-4-13)8-14-11-10-2-7-18-12(10)16-9-15-11/h2,7,9,17H,1,3-6,8H2,(H,14,15,16). The highest BCUT2D eigenvalue weighted by Gasteiger charge is 2.36. The summed E-state index contributed by atoms with van der Waals surface area (Å²) in [5.74, 6) is 0.922. The van der Waals surface area contributed by atoms with Crippen molar-refractivity contribution in [1.82, 2.24) is 9.97 Å². The van der Waals surface area contributed by atoms with Gasteiger partial charge in [0.1, 0.15) is 17.0 Å². The molecule has 1 fully saturated rings. The Balaban J connectivity index is 1.74. The number of hydrogen-bond donors (Lipinski definition) is 2. The minimum absolute atomic E-state index is 0.277. The van der Waals surface area contributed by atoms with Gasteiger partial charge in [0, 0.05) is 13.2 Å². The van der Waals surface area contributed by atoms with E-state index in [-0.39, 0.29) is 12.0 Å². The number of rotatable bonds is 5. The highest BCUT2D eigenvalue weighted by molar-refractivity contribution is 7.16. The van der Waals surface area contributed by atoms with Crippen molar-refractivity contribution in [3.63, 3.8) is 0 Å². The highest BCUT2D eigenvalue weighted by atomic mass is 32.1. The van der Waals surface area contributed by atoms with E-state index in [2.05, 4.69) is 21.4 Å². The summed E-state index contributed by atoms with van der Waals surface area (Å²) < 4.78 is 0. The number of thiophene rings is 1. The summed E-state index contributed by atoms with van der Waals surface area (Å²) in [6.45, 7) is 1.18. The first-order valence-electron chi connectivity index (χ1n) is 6.36. The van der Waals surface area contributed by atoms with Crippen LogP contribution in [0.3, 0.4) is 0 Å². The van der Waals surface area contributed by atoms with Gasteiger partial charge in [-0.15, -0.1) is 11.3 Å². The maximum absolute atomic E-state index is 9.15. The van der Waals surface area contributed by atoms with E-state index in [4.69, 9.17) is 5.11 Å². The van der Waals surface area contributed by atoms with Crippen molar-refractivity contribution in [2.45, 2.75) is 25.7 Å². The van der Waals surface area contributed by atoms with Crippen LogP contribution in [-0.4, -0.2) is 28.2 Å². The molecule has 2 aromatic rings. The molecular formula is C13H17N3OS. The molecule has 0 atom stereocenters. The quantitative estimate of drug-likeness (QED) is 0.870. The summed E-state index contributed by atoms with van der Waals surface area (Å²) in [5.41, 5.74) is 0.280. The van der Waals surface area contributed by atoms with Crippen LogP contribution in [0.2, 0.25) is 0 Å². The number of fused-ring (bicyclic) bond motifs is 1. The van der Waals surface area contributed by atoms with Gasteiger partial charge >= 0.3 is 0 Å². The van der Waals surface area contributed by atoms with Crippen molar-refractivity contribution < 1.29 is 5.11 Å². The third kappa shape index (κ3) is 2.08. The molecule has 0 aromatic carbocycles. The van der Waals surface area contributed by atoms with E-state index in [1.165, 1.54) is 19.3 Å². The maximum Gasteiger partial charge on any atom is 0.138 e. The van der Waals surface area contributed by atoms with E-state index in [1.807, 2.05) is 5.38 Å². The Kier molecular flexibility index (Phi) is 3.18. The van der Waals surface area contributed by atoms with Crippen molar-refractivity contribution in [3.05, 3.63) is 17.8 Å². The molecule has 0 unspecified atom stereocenters. The number of nitrogens with one attached hydrogen (secondary N) is 1. The van der Waals surface area contributed by atoms with Crippen LogP contribution in [0, 0.1) is 5.41 Å². The molecule has 0 aliphatic heterocycles. The highest BCUT2D eigenvalue weighted by Crippen LogP contribution is 2.43. The minimum Gasteiger partial charge on any atom is -0.396 e. The third-order valence-corrected chi connectivity index (χ3v) is 4.77. The molecule has 0 spiro atoms. The summed E-state index contributed by atoms with van der Waals surface area (Å²) in [7, 11) is 0. The van der Waals surface area contributed by atoms with Gasteiger partial charge in [0.15, 0.2) is 0 Å². The molecule has 0 radical (unpaired) electrons. The van der Waals surface area contributed by atoms with Crippen LogP contribution < -0.4 is 5.32 Å². The van der Waals surface area contributed by atoms with Crippen LogP contribution in [0.4, 0.5) is 5.82 Å². The first-order valence-corrected chi connectivity index (χ1v) is 7.24. The average molecular weight is 263 g/mol. The molecular weight excluding hydrogens is 246 g/mol. The first-order chi connectivity index (χ1) is 8.83. The van der Waals surface area contributed by atoms with E-state index >= 15 is 0 Å². The lowest BCUT2D eigenvalue weighted by Gasteiger charge is -2.42. The Labute approximate surface area is 110 Å². The van der Waals surface area contributed by atoms with Gasteiger partial charge in [0.05, 0.1) is 5.39 Å². The predicted molar refractivity (Wildman–Crippen MR) is 73.9 cm³/mol. The molecule has 0 saturated heterocycles. The lowest BCUT2D eigenvalue weighted by Crippen LogP contribution is -2.37. The lowest BCUT2D eigenvalue weighted by molar-refractivity contribution is 0.102. The zero-order valence-electron chi connectivity index (χ0n) is 10.2. The molecule has 2 N–H and O–H groups in total. The molecule has 0 amide bonds. The average Bonchev–Trinajstić information content (AvgIpc) is 2.81. The predicted octanol–water partition coefficient (Wildman–Crippen LogP) is 2.66. The normalized spacial score (nSPS) is 17.6. The second-order valence-electron chi connectivity index (χ2n) is 5.04. The molecule has 1 aliphatic rings. The van der Waals surface area contributed by atoms with Gasteiger partial charge in [-0.25, -0.2) is 9.97 Å². The smallest absolute Gasteiger partial charge is 0.138 e. The van der Waals surface area contributed by atoms with Crippen LogP contribution in [0.15, 0.2) is 17.8 Å². The monoisotopic (exact) mass is 263 g/mol. The van der Waals surface area contributed by atoms with Gasteiger partial charge in [-0.1, -0.05) is 6.42 Å². The molecule has 4 nitrogen and oxygen atoms in total. The van der Waals surface area contributed by atoms with Crippen molar-refractivity contribution >= 4 is 27.4 Å². The third-order valence-electron chi connectivity index (χ3n) is 3.95. The second kappa shape index (κ2) is 4.82. The second-order valence-corrected chi connectivity index (χ2v) is 5.94. The van der Waals surface area contributed by atoms with Gasteiger partial charge < -0.3 is 10.4 Å². The van der Waals surface area contributed by atoms with E-state index < -0.39 is 0 Å². The molecule has 3 rings (SSSR count). The van der Waals surface area contributed by atoms with Crippen molar-refractivity contribution in [1.29, 1.82) is 0 Å². The Morgan fingerprint density at radius 3 is 3.00 bits per heavy atom. The number of aliphatic hydroxyl groups is 1. The lowest BCUT2D eigenvalue weighted by atomic mass is 9.67. The summed E-state index contributed by atoms with van der Waals surface area (Å²) in [6.07, 6.45) is 6.19. The largest absolute Gasteiger partial charge is 0.396 e. The minimum atomic E-state index is 0.277. The molecule has 5 heteroatoms. The van der Waals surface area contributed by atoms with Gasteiger partial charge in [-0.05, 0) is 36.1 Å². The number of aliphatic hydroxyl groups excluding tert-OH is 1. The van der Waals surface area contributed by atoms with Gasteiger partial charge in [-0.3, -0.25) is 0 Å². The zero-order valence-corrected chi connectivity index (χ0v) is 11.0. The van der Waals surface area contributed by atoms with Crippen LogP contribution in [0.25, 0.3) is 10.2 Å². The number of hydrogen-bond acceptors (Lipinski definition) is 5.